The van der Waals surface area contributed by atoms with Crippen LogP contribution >= 0.6 is 0 Å². The van der Waals surface area contributed by atoms with E-state index in [0.29, 0.717) is 11.7 Å². The van der Waals surface area contributed by atoms with Crippen molar-refractivity contribution in [1.82, 2.24) is 0 Å². The van der Waals surface area contributed by atoms with Crippen molar-refractivity contribution in [2.45, 2.75) is 53.1 Å². The third kappa shape index (κ3) is 4.16. The third-order valence-corrected chi connectivity index (χ3v) is 5.25. The van der Waals surface area contributed by atoms with E-state index >= 15 is 0 Å². The zero-order valence-electron chi connectivity index (χ0n) is 17.9. The number of non-ortho nitro benzene ring substituents is 1. The second-order valence-electron chi connectivity index (χ2n) is 8.34. The van der Waals surface area contributed by atoms with Crippen LogP contribution in [0.1, 0.15) is 51.3 Å². The molecule has 0 aliphatic carbocycles. The highest BCUT2D eigenvalue weighted by Gasteiger charge is 2.33. The minimum absolute atomic E-state index is 0.0369. The molecule has 0 atom stereocenters. The molecule has 6 heteroatoms. The van der Waals surface area contributed by atoms with E-state index in [0.717, 1.165) is 11.1 Å². The Morgan fingerprint density at radius 1 is 1.17 bits per heavy atom. The quantitative estimate of drug-likeness (QED) is 0.399. The van der Waals surface area contributed by atoms with Crippen molar-refractivity contribution in [1.29, 1.82) is 0 Å². The first kappa shape index (κ1) is 20.6. The molecular weight excluding hydrogens is 364 g/mol. The number of nitrogens with zero attached hydrogens (tertiary/aromatic N) is 3. The summed E-state index contributed by atoms with van der Waals surface area (Å²) in [7, 11) is 0. The SMILES string of the molecule is CC1=CC(C)(C)N(C(C)C)c2cc(C)c(/C=N/Nc3ccc([N+](=O)[O-])cc3)cc21. The van der Waals surface area contributed by atoms with Crippen LogP contribution < -0.4 is 10.3 Å². The van der Waals surface area contributed by atoms with Gasteiger partial charge in [-0.2, -0.15) is 5.10 Å². The number of anilines is 2. The number of nitrogens with one attached hydrogen (secondary N) is 1. The summed E-state index contributed by atoms with van der Waals surface area (Å²) in [6.45, 7) is 13.2. The molecule has 1 aliphatic rings. The molecule has 6 nitrogen and oxygen atoms in total. The molecule has 0 saturated heterocycles. The molecule has 2 aromatic carbocycles. The summed E-state index contributed by atoms with van der Waals surface area (Å²) in [6, 6.07) is 11.0. The number of hydrogen-bond donors (Lipinski definition) is 1. The molecule has 0 saturated carbocycles. The topological polar surface area (TPSA) is 70.8 Å². The van der Waals surface area contributed by atoms with Crippen LogP contribution in [0.2, 0.25) is 0 Å². The van der Waals surface area contributed by atoms with Gasteiger partial charge in [0, 0.05) is 29.4 Å². The molecule has 0 spiro atoms. The predicted octanol–water partition coefficient (Wildman–Crippen LogP) is 5.76. The number of hydrazone groups is 1. The Balaban J connectivity index is 1.88. The lowest BCUT2D eigenvalue weighted by Crippen LogP contribution is -2.49. The van der Waals surface area contributed by atoms with Crippen LogP contribution in [0, 0.1) is 17.0 Å². The summed E-state index contributed by atoms with van der Waals surface area (Å²) < 4.78 is 0. The highest BCUT2D eigenvalue weighted by Crippen LogP contribution is 2.41. The van der Waals surface area contributed by atoms with Gasteiger partial charge in [-0.15, -0.1) is 0 Å². The summed E-state index contributed by atoms with van der Waals surface area (Å²) in [5.74, 6) is 0. The van der Waals surface area contributed by atoms with Crippen LogP contribution in [0.15, 0.2) is 47.6 Å². The van der Waals surface area contributed by atoms with E-state index < -0.39 is 4.92 Å². The van der Waals surface area contributed by atoms with E-state index in [2.05, 4.69) is 75.2 Å². The summed E-state index contributed by atoms with van der Waals surface area (Å²) in [6.07, 6.45) is 4.12. The lowest BCUT2D eigenvalue weighted by molar-refractivity contribution is -0.384. The second-order valence-corrected chi connectivity index (χ2v) is 8.34. The number of aryl methyl sites for hydroxylation is 1. The molecule has 0 aromatic heterocycles. The largest absolute Gasteiger partial charge is 0.360 e. The number of allylic oxidation sites excluding steroid dienone is 1. The van der Waals surface area contributed by atoms with Crippen LogP contribution in [0.5, 0.6) is 0 Å². The van der Waals surface area contributed by atoms with Crippen molar-refractivity contribution >= 4 is 28.8 Å². The summed E-state index contributed by atoms with van der Waals surface area (Å²) >= 11 is 0. The van der Waals surface area contributed by atoms with Gasteiger partial charge >= 0.3 is 0 Å². The van der Waals surface area contributed by atoms with Crippen LogP contribution in [-0.2, 0) is 0 Å². The number of fused-ring (bicyclic) bond motifs is 1. The van der Waals surface area contributed by atoms with Gasteiger partial charge in [0.25, 0.3) is 5.69 Å². The molecule has 2 aromatic rings. The normalized spacial score (nSPS) is 15.4. The van der Waals surface area contributed by atoms with E-state index in [1.807, 2.05) is 0 Å². The van der Waals surface area contributed by atoms with E-state index in [1.54, 1.807) is 18.3 Å². The van der Waals surface area contributed by atoms with Crippen LogP contribution in [-0.4, -0.2) is 22.7 Å². The fourth-order valence-corrected chi connectivity index (χ4v) is 4.13. The lowest BCUT2D eigenvalue weighted by Gasteiger charge is -2.46. The minimum atomic E-state index is -0.416. The van der Waals surface area contributed by atoms with Gasteiger partial charge in [-0.05, 0) is 82.5 Å². The molecule has 29 heavy (non-hydrogen) atoms. The van der Waals surface area contributed by atoms with Gasteiger partial charge in [0.1, 0.15) is 0 Å². The average molecular weight is 393 g/mol. The first-order valence-corrected chi connectivity index (χ1v) is 9.77. The zero-order valence-corrected chi connectivity index (χ0v) is 17.9. The first-order chi connectivity index (χ1) is 13.6. The Hall–Kier alpha value is -3.15. The molecule has 1 N–H and O–H groups in total. The minimum Gasteiger partial charge on any atom is -0.360 e. The van der Waals surface area contributed by atoms with Crippen molar-refractivity contribution in [3.05, 3.63) is 69.3 Å². The Labute approximate surface area is 172 Å². The molecule has 1 aliphatic heterocycles. The third-order valence-electron chi connectivity index (χ3n) is 5.25. The van der Waals surface area contributed by atoms with Crippen molar-refractivity contribution < 1.29 is 4.92 Å². The highest BCUT2D eigenvalue weighted by atomic mass is 16.6. The lowest BCUT2D eigenvalue weighted by atomic mass is 9.86. The van der Waals surface area contributed by atoms with Gasteiger partial charge in [-0.25, -0.2) is 0 Å². The average Bonchev–Trinajstić information content (AvgIpc) is 2.62. The smallest absolute Gasteiger partial charge is 0.269 e. The van der Waals surface area contributed by atoms with E-state index in [1.165, 1.54) is 29.0 Å². The number of hydrogen-bond acceptors (Lipinski definition) is 5. The standard InChI is InChI=1S/C23H28N4O2/c1-15(2)26-22-11-16(3)18(12-21(22)17(4)13-23(26,5)6)14-24-25-19-7-9-20(10-8-19)27(28)29/h7-15,25H,1-6H3/b24-14+. The van der Waals surface area contributed by atoms with Gasteiger partial charge < -0.3 is 4.90 Å². The predicted molar refractivity (Wildman–Crippen MR) is 121 cm³/mol. The number of nitro groups is 1. The molecule has 0 bridgehead atoms. The van der Waals surface area contributed by atoms with Crippen molar-refractivity contribution in [3.8, 4) is 0 Å². The molecule has 152 valence electrons. The second kappa shape index (κ2) is 7.70. The molecule has 0 amide bonds. The van der Waals surface area contributed by atoms with Crippen molar-refractivity contribution in [3.63, 3.8) is 0 Å². The molecule has 0 unspecified atom stereocenters. The van der Waals surface area contributed by atoms with Gasteiger partial charge in [0.2, 0.25) is 0 Å². The number of benzene rings is 2. The van der Waals surface area contributed by atoms with Crippen molar-refractivity contribution in [2.24, 2.45) is 5.10 Å². The fourth-order valence-electron chi connectivity index (χ4n) is 4.13. The van der Waals surface area contributed by atoms with E-state index in [4.69, 9.17) is 0 Å². The first-order valence-electron chi connectivity index (χ1n) is 9.77. The fraction of sp³-hybridized carbons (Fsp3) is 0.348. The van der Waals surface area contributed by atoms with Crippen LogP contribution in [0.4, 0.5) is 17.1 Å². The van der Waals surface area contributed by atoms with E-state index in [9.17, 15) is 10.1 Å². The van der Waals surface area contributed by atoms with Gasteiger partial charge in [0.15, 0.2) is 0 Å². The van der Waals surface area contributed by atoms with Gasteiger partial charge in [-0.3, -0.25) is 15.5 Å². The molecular formula is C23H28N4O2. The molecule has 0 fully saturated rings. The zero-order chi connectivity index (χ0) is 21.3. The van der Waals surface area contributed by atoms with Crippen molar-refractivity contribution in [2.75, 3.05) is 10.3 Å². The monoisotopic (exact) mass is 392 g/mol. The maximum Gasteiger partial charge on any atom is 0.269 e. The van der Waals surface area contributed by atoms with Gasteiger partial charge in [0.05, 0.1) is 22.4 Å². The molecule has 0 radical (unpaired) electrons. The van der Waals surface area contributed by atoms with E-state index in [-0.39, 0.29) is 11.2 Å². The summed E-state index contributed by atoms with van der Waals surface area (Å²) in [5, 5.41) is 15.1. The Morgan fingerprint density at radius 2 is 1.83 bits per heavy atom. The maximum atomic E-state index is 10.7. The maximum absolute atomic E-state index is 10.7. The molecule has 3 rings (SSSR count). The Morgan fingerprint density at radius 3 is 2.41 bits per heavy atom. The van der Waals surface area contributed by atoms with Crippen LogP contribution in [0.3, 0.4) is 0 Å². The van der Waals surface area contributed by atoms with Gasteiger partial charge in [-0.1, -0.05) is 6.08 Å². The summed E-state index contributed by atoms with van der Waals surface area (Å²) in [5.41, 5.74) is 9.59. The molecule has 1 heterocycles. The Kier molecular flexibility index (Phi) is 5.46. The summed E-state index contributed by atoms with van der Waals surface area (Å²) in [4.78, 5) is 12.8. The van der Waals surface area contributed by atoms with Crippen LogP contribution in [0.25, 0.3) is 5.57 Å². The highest BCUT2D eigenvalue weighted by molar-refractivity contribution is 5.89. The number of rotatable bonds is 5. The Bertz CT molecular complexity index is 989. The number of nitro benzene ring substituents is 1.